The molecule has 12 heteroatoms. The second-order valence-corrected chi connectivity index (χ2v) is 28.2. The molecule has 17 rings (SSSR count). The minimum Gasteiger partial charge on any atom is -0.343 e. The molecular formula is C96H55Br4Ir2N6-4. The maximum absolute atomic E-state index is 4.73. The standard InChI is InChI=1S/C56H31Br2N4.C40H24Br2N2.2Ir/c57-52-33-38(54-22-10-12-28-59-54)24-26-50(52)48-20-8-6-17-45(48)41-30-40(44-16-4-5-19-47(44)43-35-61-56(62-36-43)37-14-2-1-3-15-37)31-42(32-41)46-18-7-9-21-49(46)51-27-25-39(34-53(51)58)55-23-11-13-29-60-55;41-37-25-29(39-16-5-7-22-43-39)18-20-35(37)33-14-3-1-12-31(33)27-10-9-11-28(24-27)32-13-2-4-15-34(32)36-21-19-30(26-38(36)42)40-17-6-8-23-44-40;;/h1-13,16-18,20-23,26-36H;1-17,20-26H;;/q-5;-2;;+3. The number of aromatic nitrogens is 6. The van der Waals surface area contributed by atoms with Gasteiger partial charge in [0.05, 0.1) is 0 Å². The summed E-state index contributed by atoms with van der Waals surface area (Å²) < 4.78 is 3.91. The number of hydrogen-bond donors (Lipinski definition) is 0. The largest absolute Gasteiger partial charge is 3.00 e. The Morgan fingerprint density at radius 3 is 0.861 bits per heavy atom. The van der Waals surface area contributed by atoms with Crippen molar-refractivity contribution in [2.24, 2.45) is 0 Å². The Kier molecular flexibility index (Phi) is 23.8. The fourth-order valence-corrected chi connectivity index (χ4v) is 15.4. The molecule has 0 saturated heterocycles. The monoisotopic (exact) mass is 1990 g/mol. The summed E-state index contributed by atoms with van der Waals surface area (Å²) in [6, 6.07) is 125. The number of pyridine rings is 4. The van der Waals surface area contributed by atoms with Crippen LogP contribution in [0.5, 0.6) is 0 Å². The van der Waals surface area contributed by atoms with E-state index in [2.05, 4.69) is 320 Å². The van der Waals surface area contributed by atoms with Crippen molar-refractivity contribution in [1.82, 2.24) is 29.9 Å². The van der Waals surface area contributed by atoms with Crippen LogP contribution < -0.4 is 0 Å². The van der Waals surface area contributed by atoms with Gasteiger partial charge < -0.3 is 29.9 Å². The molecule has 108 heavy (non-hydrogen) atoms. The Morgan fingerprint density at radius 1 is 0.231 bits per heavy atom. The van der Waals surface area contributed by atoms with Gasteiger partial charge in [0, 0.05) is 44.9 Å². The molecule has 0 aliphatic rings. The van der Waals surface area contributed by atoms with E-state index in [1.54, 1.807) is 24.8 Å². The average molecular weight is 2000 g/mol. The van der Waals surface area contributed by atoms with E-state index in [0.717, 1.165) is 180 Å². The molecule has 0 atom stereocenters. The first-order chi connectivity index (χ1) is 52.2. The molecular weight excluding hydrogens is 1940 g/mol. The Morgan fingerprint density at radius 2 is 0.528 bits per heavy atom. The first-order valence-corrected chi connectivity index (χ1v) is 37.3. The van der Waals surface area contributed by atoms with E-state index in [1.165, 1.54) is 0 Å². The normalized spacial score (nSPS) is 10.8. The van der Waals surface area contributed by atoms with Crippen LogP contribution in [0.25, 0.3) is 168 Å². The van der Waals surface area contributed by atoms with Crippen molar-refractivity contribution in [2.45, 2.75) is 0 Å². The van der Waals surface area contributed by atoms with Crippen LogP contribution in [0.4, 0.5) is 0 Å². The van der Waals surface area contributed by atoms with E-state index in [-0.39, 0.29) is 40.2 Å². The van der Waals surface area contributed by atoms with E-state index in [0.29, 0.717) is 5.82 Å². The van der Waals surface area contributed by atoms with E-state index in [4.69, 9.17) is 9.97 Å². The van der Waals surface area contributed by atoms with Crippen LogP contribution in [-0.2, 0) is 40.2 Å². The summed E-state index contributed by atoms with van der Waals surface area (Å²) in [6.45, 7) is 0. The maximum atomic E-state index is 4.73. The summed E-state index contributed by atoms with van der Waals surface area (Å²) in [7, 11) is 0. The van der Waals surface area contributed by atoms with Crippen LogP contribution in [0, 0.1) is 42.5 Å². The van der Waals surface area contributed by atoms with E-state index < -0.39 is 0 Å². The van der Waals surface area contributed by atoms with Gasteiger partial charge in [-0.2, -0.15) is 0 Å². The Labute approximate surface area is 689 Å². The molecule has 12 aromatic carbocycles. The smallest absolute Gasteiger partial charge is 0.343 e. The maximum Gasteiger partial charge on any atom is 3.00 e. The molecule has 1 radical (unpaired) electrons. The molecule has 17 aromatic rings. The van der Waals surface area contributed by atoms with E-state index >= 15 is 0 Å². The molecule has 0 aliphatic heterocycles. The van der Waals surface area contributed by atoms with Crippen LogP contribution in [0.15, 0.2) is 352 Å². The molecule has 519 valence electrons. The molecule has 0 N–H and O–H groups in total. The summed E-state index contributed by atoms with van der Waals surface area (Å²) in [5.41, 5.74) is 29.2. The van der Waals surface area contributed by atoms with Gasteiger partial charge in [0.15, 0.2) is 0 Å². The molecule has 0 saturated carbocycles. The first-order valence-electron chi connectivity index (χ1n) is 34.1. The second-order valence-electron chi connectivity index (χ2n) is 24.8. The van der Waals surface area contributed by atoms with Gasteiger partial charge in [-0.1, -0.05) is 313 Å². The zero-order valence-electron chi connectivity index (χ0n) is 57.1. The summed E-state index contributed by atoms with van der Waals surface area (Å²) in [5, 5.41) is 0. The van der Waals surface area contributed by atoms with Gasteiger partial charge in [0.1, 0.15) is 0 Å². The quantitative estimate of drug-likeness (QED) is 0.0952. The Balaban J connectivity index is 0.000000188. The molecule has 0 bridgehead atoms. The molecule has 0 fully saturated rings. The number of nitrogens with zero attached hydrogens (tertiary/aromatic N) is 6. The summed E-state index contributed by atoms with van der Waals surface area (Å²) in [4.78, 5) is 27.6. The third-order valence-corrected chi connectivity index (χ3v) is 20.9. The van der Waals surface area contributed by atoms with Crippen molar-refractivity contribution in [1.29, 1.82) is 0 Å². The third-order valence-electron chi connectivity index (χ3n) is 18.3. The number of halogens is 4. The predicted octanol–water partition coefficient (Wildman–Crippen LogP) is 26.4. The van der Waals surface area contributed by atoms with Gasteiger partial charge in [0.25, 0.3) is 0 Å². The van der Waals surface area contributed by atoms with Crippen molar-refractivity contribution in [2.75, 3.05) is 0 Å². The zero-order valence-corrected chi connectivity index (χ0v) is 68.3. The van der Waals surface area contributed by atoms with E-state index in [1.807, 2.05) is 116 Å². The molecule has 0 unspecified atom stereocenters. The van der Waals surface area contributed by atoms with Crippen LogP contribution in [0.2, 0.25) is 0 Å². The summed E-state index contributed by atoms with van der Waals surface area (Å²) in [6.07, 6.45) is 10.9. The van der Waals surface area contributed by atoms with E-state index in [9.17, 15) is 0 Å². The third kappa shape index (κ3) is 16.3. The fraction of sp³-hybridized carbons (Fsp3) is 0. The van der Waals surface area contributed by atoms with Gasteiger partial charge in [-0.15, -0.1) is 130 Å². The molecule has 0 spiro atoms. The molecule has 0 amide bonds. The molecule has 6 nitrogen and oxygen atoms in total. The SMILES string of the molecule is Brc1cc(-c2ccccn2)[c-]cc1-c1ccccc1-c1cc(-c2ccc[c-]c2-c2cnc(-c3[c-]ccc[c-]3)nc2)cc(-c2ccccc2-c2c[c-]c(-c3ccccn3)cc2Br)c1.Brc1cc(-c2ccccn2)[c-]cc1-c1ccccc1-c1cccc(-c2ccccc2-c2c[c-]c(-c3ccccn3)cc2Br)c1.[Ir+3].[Ir]. The van der Waals surface area contributed by atoms with Gasteiger partial charge in [0.2, 0.25) is 0 Å². The van der Waals surface area contributed by atoms with Gasteiger partial charge in [-0.25, -0.2) is 18.2 Å². The molecule has 5 heterocycles. The number of hydrogen-bond acceptors (Lipinski definition) is 6. The zero-order chi connectivity index (χ0) is 71.7. The van der Waals surface area contributed by atoms with Gasteiger partial charge in [-0.3, -0.25) is 17.7 Å². The minimum absolute atomic E-state index is 0. The van der Waals surface area contributed by atoms with Crippen molar-refractivity contribution in [3.8, 4) is 168 Å². The second kappa shape index (κ2) is 34.6. The van der Waals surface area contributed by atoms with Crippen LogP contribution in [0.3, 0.4) is 0 Å². The van der Waals surface area contributed by atoms with Gasteiger partial charge in [-0.05, 0) is 122 Å². The van der Waals surface area contributed by atoms with Crippen LogP contribution in [-0.4, -0.2) is 29.9 Å². The topological polar surface area (TPSA) is 77.3 Å². The average Bonchev–Trinajstić information content (AvgIpc) is 0.776. The van der Waals surface area contributed by atoms with Gasteiger partial charge >= 0.3 is 20.1 Å². The minimum atomic E-state index is 0. The Hall–Kier alpha value is -10.5. The number of rotatable bonds is 15. The van der Waals surface area contributed by atoms with Crippen molar-refractivity contribution in [3.05, 3.63) is 395 Å². The van der Waals surface area contributed by atoms with Crippen molar-refractivity contribution >= 4 is 63.7 Å². The van der Waals surface area contributed by atoms with Crippen LogP contribution >= 0.6 is 63.7 Å². The molecule has 5 aromatic heterocycles. The predicted molar refractivity (Wildman–Crippen MR) is 444 cm³/mol. The fourth-order valence-electron chi connectivity index (χ4n) is 13.2. The molecule has 0 aliphatic carbocycles. The van der Waals surface area contributed by atoms with Crippen LogP contribution in [0.1, 0.15) is 0 Å². The Bertz CT molecular complexity index is 5720. The summed E-state index contributed by atoms with van der Waals surface area (Å²) >= 11 is 15.5. The first kappa shape index (κ1) is 74.4. The van der Waals surface area contributed by atoms with Crippen molar-refractivity contribution < 1.29 is 40.2 Å². The number of benzene rings is 12. The van der Waals surface area contributed by atoms with Crippen molar-refractivity contribution in [3.63, 3.8) is 0 Å². The summed E-state index contributed by atoms with van der Waals surface area (Å²) in [5.74, 6) is 0.567.